The summed E-state index contributed by atoms with van der Waals surface area (Å²) in [5.41, 5.74) is 2.14. The number of hydrogen-bond donors (Lipinski definition) is 2. The maximum Gasteiger partial charge on any atom is 0.310 e. The third kappa shape index (κ3) is 1.80. The van der Waals surface area contributed by atoms with Crippen LogP contribution in [0.2, 0.25) is 0 Å². The zero-order valence-corrected chi connectivity index (χ0v) is 10.6. The molecule has 0 bridgehead atoms. The molecule has 3 rings (SSSR count). The van der Waals surface area contributed by atoms with Gasteiger partial charge in [-0.15, -0.1) is 0 Å². The largest absolute Gasteiger partial charge is 0.481 e. The third-order valence-corrected chi connectivity index (χ3v) is 3.72. The van der Waals surface area contributed by atoms with Gasteiger partial charge in [-0.1, -0.05) is 24.3 Å². The van der Waals surface area contributed by atoms with Crippen LogP contribution in [0.1, 0.15) is 12.5 Å². The van der Waals surface area contributed by atoms with Gasteiger partial charge in [0.25, 0.3) is 0 Å². The highest BCUT2D eigenvalue weighted by atomic mass is 16.5. The molecule has 0 saturated heterocycles. The summed E-state index contributed by atoms with van der Waals surface area (Å²) < 4.78 is 5.77. The molecule has 4 nitrogen and oxygen atoms in total. The monoisotopic (exact) mass is 257 g/mol. The summed E-state index contributed by atoms with van der Waals surface area (Å²) in [7, 11) is 0. The molecule has 0 aliphatic carbocycles. The summed E-state index contributed by atoms with van der Waals surface area (Å²) in [5, 5.41) is 12.6. The van der Waals surface area contributed by atoms with Crippen molar-refractivity contribution in [2.75, 3.05) is 5.32 Å². The topological polar surface area (TPSA) is 58.6 Å². The van der Waals surface area contributed by atoms with Crippen LogP contribution in [0.5, 0.6) is 0 Å². The number of carboxylic acids is 1. The average molecular weight is 257 g/mol. The molecule has 1 aromatic rings. The lowest BCUT2D eigenvalue weighted by molar-refractivity contribution is -0.140. The number of carbonyl (C=O) groups is 1. The second-order valence-corrected chi connectivity index (χ2v) is 4.91. The summed E-state index contributed by atoms with van der Waals surface area (Å²) in [5.74, 6) is -1.44. The maximum absolute atomic E-state index is 11.3. The van der Waals surface area contributed by atoms with Crippen LogP contribution in [0, 0.1) is 5.92 Å². The Morgan fingerprint density at radius 3 is 3.00 bits per heavy atom. The lowest BCUT2D eigenvalue weighted by Gasteiger charge is -2.35. The molecule has 2 unspecified atom stereocenters. The summed E-state index contributed by atoms with van der Waals surface area (Å²) in [6.07, 6.45) is 5.82. The van der Waals surface area contributed by atoms with Crippen LogP contribution >= 0.6 is 0 Å². The molecule has 0 amide bonds. The molecule has 0 radical (unpaired) electrons. The number of aliphatic carboxylic acids is 1. The molecule has 4 heteroatoms. The van der Waals surface area contributed by atoms with Crippen molar-refractivity contribution in [1.82, 2.24) is 0 Å². The van der Waals surface area contributed by atoms with Gasteiger partial charge in [-0.3, -0.25) is 4.79 Å². The number of rotatable bonds is 2. The first-order chi connectivity index (χ1) is 9.12. The Kier molecular flexibility index (Phi) is 2.59. The number of nitrogens with one attached hydrogen (secondary N) is 1. The van der Waals surface area contributed by atoms with Crippen LogP contribution in [0.15, 0.2) is 48.3 Å². The minimum atomic E-state index is -0.845. The van der Waals surface area contributed by atoms with Crippen molar-refractivity contribution in [3.05, 3.63) is 53.8 Å². The van der Waals surface area contributed by atoms with E-state index in [-0.39, 0.29) is 0 Å². The first kappa shape index (κ1) is 11.8. The molecule has 2 aliphatic rings. The van der Waals surface area contributed by atoms with Gasteiger partial charge in [0.15, 0.2) is 0 Å². The molecule has 19 heavy (non-hydrogen) atoms. The van der Waals surface area contributed by atoms with E-state index < -0.39 is 17.6 Å². The van der Waals surface area contributed by atoms with Gasteiger partial charge in [0.2, 0.25) is 5.72 Å². The third-order valence-electron chi connectivity index (χ3n) is 3.72. The summed E-state index contributed by atoms with van der Waals surface area (Å²) in [6.45, 7) is 1.68. The number of allylic oxidation sites excluding steroid dienone is 2. The number of anilines is 1. The molecular formula is C15H15NO3. The smallest absolute Gasteiger partial charge is 0.310 e. The number of carboxylic acid groups (broad SMARTS) is 1. The van der Waals surface area contributed by atoms with E-state index in [1.807, 2.05) is 30.3 Å². The Bertz CT molecular complexity index is 564. The van der Waals surface area contributed by atoms with Gasteiger partial charge in [0, 0.05) is 17.7 Å². The zero-order valence-electron chi connectivity index (χ0n) is 10.6. The van der Waals surface area contributed by atoms with E-state index in [4.69, 9.17) is 4.74 Å². The molecule has 0 saturated carbocycles. The fourth-order valence-corrected chi connectivity index (χ4v) is 2.70. The van der Waals surface area contributed by atoms with Crippen LogP contribution in [0.4, 0.5) is 5.69 Å². The Balaban J connectivity index is 1.99. The maximum atomic E-state index is 11.3. The fourth-order valence-electron chi connectivity index (χ4n) is 2.70. The fraction of sp³-hybridized carbons (Fsp3) is 0.267. The van der Waals surface area contributed by atoms with Crippen molar-refractivity contribution < 1.29 is 14.6 Å². The Hall–Kier alpha value is -2.23. The van der Waals surface area contributed by atoms with E-state index in [0.29, 0.717) is 6.42 Å². The van der Waals surface area contributed by atoms with E-state index in [2.05, 4.69) is 5.32 Å². The van der Waals surface area contributed by atoms with Gasteiger partial charge in [0.05, 0.1) is 12.2 Å². The lowest BCUT2D eigenvalue weighted by Crippen LogP contribution is -2.44. The molecule has 1 aromatic carbocycles. The van der Waals surface area contributed by atoms with Crippen molar-refractivity contribution in [3.8, 4) is 0 Å². The molecule has 2 aliphatic heterocycles. The predicted molar refractivity (Wildman–Crippen MR) is 71.6 cm³/mol. The van der Waals surface area contributed by atoms with E-state index in [0.717, 1.165) is 16.8 Å². The van der Waals surface area contributed by atoms with Crippen molar-refractivity contribution >= 4 is 11.7 Å². The Labute approximate surface area is 111 Å². The van der Waals surface area contributed by atoms with Gasteiger partial charge < -0.3 is 15.2 Å². The number of benzene rings is 1. The van der Waals surface area contributed by atoms with E-state index in [9.17, 15) is 9.90 Å². The van der Waals surface area contributed by atoms with E-state index in [1.54, 1.807) is 19.3 Å². The number of fused-ring (bicyclic) bond motifs is 1. The minimum Gasteiger partial charge on any atom is -0.481 e. The van der Waals surface area contributed by atoms with Crippen molar-refractivity contribution in [2.45, 2.75) is 19.1 Å². The summed E-state index contributed by atoms with van der Waals surface area (Å²) in [4.78, 5) is 11.3. The second-order valence-electron chi connectivity index (χ2n) is 4.91. The highest BCUT2D eigenvalue weighted by Gasteiger charge is 2.45. The SMILES string of the molecule is CC(C(=O)O)C1=CC=COC12Cc1ccccc1N2. The standard InChI is InChI=1S/C15H15NO3/c1-10(14(17)18)12-6-4-8-19-15(12)9-11-5-2-3-7-13(11)16-15/h2-8,10,16H,9H2,1H3,(H,17,18). The highest BCUT2D eigenvalue weighted by Crippen LogP contribution is 2.41. The molecule has 0 fully saturated rings. The van der Waals surface area contributed by atoms with Crippen LogP contribution in [0.25, 0.3) is 0 Å². The Morgan fingerprint density at radius 2 is 2.26 bits per heavy atom. The molecule has 2 N–H and O–H groups in total. The predicted octanol–water partition coefficient (Wildman–Crippen LogP) is 2.54. The normalized spacial score (nSPS) is 25.2. The minimum absolute atomic E-state index is 0.591. The Morgan fingerprint density at radius 1 is 1.47 bits per heavy atom. The molecule has 98 valence electrons. The first-order valence-corrected chi connectivity index (χ1v) is 6.26. The number of para-hydroxylation sites is 1. The molecular weight excluding hydrogens is 242 g/mol. The van der Waals surface area contributed by atoms with E-state index in [1.165, 1.54) is 0 Å². The zero-order chi connectivity index (χ0) is 13.5. The summed E-state index contributed by atoms with van der Waals surface area (Å²) >= 11 is 0. The van der Waals surface area contributed by atoms with Gasteiger partial charge >= 0.3 is 5.97 Å². The van der Waals surface area contributed by atoms with Crippen LogP contribution in [-0.2, 0) is 16.0 Å². The van der Waals surface area contributed by atoms with Crippen LogP contribution in [0.3, 0.4) is 0 Å². The van der Waals surface area contributed by atoms with Gasteiger partial charge in [-0.2, -0.15) is 0 Å². The van der Waals surface area contributed by atoms with Gasteiger partial charge in [-0.05, 0) is 24.6 Å². The number of hydrogen-bond acceptors (Lipinski definition) is 3. The van der Waals surface area contributed by atoms with Crippen molar-refractivity contribution in [1.29, 1.82) is 0 Å². The number of ether oxygens (including phenoxy) is 1. The van der Waals surface area contributed by atoms with Crippen molar-refractivity contribution in [3.63, 3.8) is 0 Å². The first-order valence-electron chi connectivity index (χ1n) is 6.26. The second kappa shape index (κ2) is 4.16. The molecule has 0 aromatic heterocycles. The molecule has 1 spiro atoms. The van der Waals surface area contributed by atoms with Crippen LogP contribution in [-0.4, -0.2) is 16.8 Å². The lowest BCUT2D eigenvalue weighted by atomic mass is 9.87. The molecule has 2 atom stereocenters. The van der Waals surface area contributed by atoms with Gasteiger partial charge in [-0.25, -0.2) is 0 Å². The quantitative estimate of drug-likeness (QED) is 0.854. The molecule has 2 heterocycles. The average Bonchev–Trinajstić information content (AvgIpc) is 2.76. The van der Waals surface area contributed by atoms with Crippen molar-refractivity contribution in [2.24, 2.45) is 5.92 Å². The highest BCUT2D eigenvalue weighted by molar-refractivity contribution is 5.75. The van der Waals surface area contributed by atoms with E-state index >= 15 is 0 Å². The van der Waals surface area contributed by atoms with Gasteiger partial charge in [0.1, 0.15) is 0 Å². The summed E-state index contributed by atoms with van der Waals surface area (Å²) in [6, 6.07) is 7.94. The van der Waals surface area contributed by atoms with Crippen LogP contribution < -0.4 is 5.32 Å².